The summed E-state index contributed by atoms with van der Waals surface area (Å²) in [5.74, 6) is -1.06. The number of amides is 2. The highest BCUT2D eigenvalue weighted by molar-refractivity contribution is 7.90. The zero-order valence-corrected chi connectivity index (χ0v) is 17.6. The fourth-order valence-corrected chi connectivity index (χ4v) is 3.97. The van der Waals surface area contributed by atoms with Gasteiger partial charge in [-0.15, -0.1) is 0 Å². The molecule has 0 fully saturated rings. The summed E-state index contributed by atoms with van der Waals surface area (Å²) >= 11 is 0. The van der Waals surface area contributed by atoms with Crippen LogP contribution in [0, 0.1) is 0 Å². The van der Waals surface area contributed by atoms with Crippen LogP contribution in [0.1, 0.15) is 26.7 Å². The summed E-state index contributed by atoms with van der Waals surface area (Å²) in [6.07, 6.45) is 0. The van der Waals surface area contributed by atoms with Gasteiger partial charge in [-0.25, -0.2) is 8.42 Å². The average molecular weight is 444 g/mol. The van der Waals surface area contributed by atoms with Crippen molar-refractivity contribution in [2.24, 2.45) is 0 Å². The second kappa shape index (κ2) is 9.35. The Bertz CT molecular complexity index is 1190. The molecule has 3 aromatic rings. The minimum atomic E-state index is -3.62. The molecular weight excluding hydrogens is 424 g/mol. The minimum absolute atomic E-state index is 0.0946. The summed E-state index contributed by atoms with van der Waals surface area (Å²) in [6.45, 7) is 0. The molecule has 0 bridgehead atoms. The standard InChI is InChI=1S/C21H20N2O7S/c1-28-14-8-10-17(19(12-14)29-2)20(24)22-23-21(25)18-11-9-15(30-18)13-31(26,27)16-6-4-3-5-7-16/h3-12H,13H2,1-2H3,(H,22,24)(H,23,25). The van der Waals surface area contributed by atoms with E-state index in [1.165, 1.54) is 50.6 Å². The van der Waals surface area contributed by atoms with Crippen molar-refractivity contribution in [2.45, 2.75) is 10.6 Å². The number of furan rings is 1. The number of ether oxygens (including phenoxy) is 2. The van der Waals surface area contributed by atoms with Crippen molar-refractivity contribution in [1.29, 1.82) is 0 Å². The molecule has 0 atom stereocenters. The highest BCUT2D eigenvalue weighted by Gasteiger charge is 2.20. The maximum Gasteiger partial charge on any atom is 0.305 e. The number of rotatable bonds is 7. The molecule has 3 rings (SSSR count). The van der Waals surface area contributed by atoms with Crippen molar-refractivity contribution in [2.75, 3.05) is 14.2 Å². The van der Waals surface area contributed by atoms with Crippen LogP contribution in [0.4, 0.5) is 0 Å². The van der Waals surface area contributed by atoms with E-state index in [1.54, 1.807) is 24.3 Å². The van der Waals surface area contributed by atoms with Gasteiger partial charge in [0.05, 0.1) is 24.7 Å². The van der Waals surface area contributed by atoms with E-state index in [9.17, 15) is 18.0 Å². The predicted molar refractivity (Wildman–Crippen MR) is 111 cm³/mol. The van der Waals surface area contributed by atoms with E-state index in [2.05, 4.69) is 10.9 Å². The average Bonchev–Trinajstić information content (AvgIpc) is 3.25. The molecule has 0 aliphatic heterocycles. The fourth-order valence-electron chi connectivity index (χ4n) is 2.70. The highest BCUT2D eigenvalue weighted by atomic mass is 32.2. The van der Waals surface area contributed by atoms with Crippen molar-refractivity contribution in [3.8, 4) is 11.5 Å². The van der Waals surface area contributed by atoms with Gasteiger partial charge in [-0.05, 0) is 36.4 Å². The molecule has 2 N–H and O–H groups in total. The smallest absolute Gasteiger partial charge is 0.305 e. The third kappa shape index (κ3) is 5.23. The van der Waals surface area contributed by atoms with Crippen LogP contribution in [0.2, 0.25) is 0 Å². The molecule has 9 nitrogen and oxygen atoms in total. The third-order valence-electron chi connectivity index (χ3n) is 4.26. The molecule has 0 aliphatic rings. The Labute approximate surface area is 178 Å². The quantitative estimate of drug-likeness (QED) is 0.536. The molecule has 0 saturated heterocycles. The predicted octanol–water partition coefficient (Wildman–Crippen LogP) is 2.35. The van der Waals surface area contributed by atoms with Crippen molar-refractivity contribution < 1.29 is 31.9 Å². The van der Waals surface area contributed by atoms with E-state index in [0.29, 0.717) is 5.75 Å². The normalized spacial score (nSPS) is 10.9. The number of nitrogens with one attached hydrogen (secondary N) is 2. The summed E-state index contributed by atoms with van der Waals surface area (Å²) < 4.78 is 40.4. The maximum atomic E-state index is 12.4. The van der Waals surface area contributed by atoms with E-state index >= 15 is 0 Å². The van der Waals surface area contributed by atoms with Crippen molar-refractivity contribution in [3.05, 3.63) is 77.7 Å². The monoisotopic (exact) mass is 444 g/mol. The molecule has 2 aromatic carbocycles. The lowest BCUT2D eigenvalue weighted by atomic mass is 10.2. The first-order chi connectivity index (χ1) is 14.8. The Hall–Kier alpha value is -3.79. The van der Waals surface area contributed by atoms with Crippen LogP contribution in [0.3, 0.4) is 0 Å². The van der Waals surface area contributed by atoms with Crippen molar-refractivity contribution in [3.63, 3.8) is 0 Å². The lowest BCUT2D eigenvalue weighted by Crippen LogP contribution is -2.41. The molecule has 2 amide bonds. The maximum absolute atomic E-state index is 12.4. The molecule has 31 heavy (non-hydrogen) atoms. The molecule has 1 aromatic heterocycles. The van der Waals surface area contributed by atoms with Gasteiger partial charge in [0, 0.05) is 6.07 Å². The SMILES string of the molecule is COc1ccc(C(=O)NNC(=O)c2ccc(CS(=O)(=O)c3ccccc3)o2)c(OC)c1. The fraction of sp³-hybridized carbons (Fsp3) is 0.143. The lowest BCUT2D eigenvalue weighted by Gasteiger charge is -2.11. The summed E-state index contributed by atoms with van der Waals surface area (Å²) in [6, 6.07) is 15.2. The Balaban J connectivity index is 1.63. The number of hydrazine groups is 1. The molecule has 0 unspecified atom stereocenters. The van der Waals surface area contributed by atoms with E-state index < -0.39 is 27.4 Å². The molecule has 162 valence electrons. The molecule has 0 aliphatic carbocycles. The van der Waals surface area contributed by atoms with Gasteiger partial charge in [-0.1, -0.05) is 18.2 Å². The second-order valence-electron chi connectivity index (χ2n) is 6.31. The number of carbonyl (C=O) groups excluding carboxylic acids is 2. The van der Waals surface area contributed by atoms with Crippen LogP contribution < -0.4 is 20.3 Å². The van der Waals surface area contributed by atoms with Crippen LogP contribution >= 0.6 is 0 Å². The first kappa shape index (κ1) is 21.9. The van der Waals surface area contributed by atoms with E-state index in [1.807, 2.05) is 0 Å². The van der Waals surface area contributed by atoms with Crippen molar-refractivity contribution >= 4 is 21.7 Å². The zero-order valence-electron chi connectivity index (χ0n) is 16.7. The number of hydrogen-bond donors (Lipinski definition) is 2. The van der Waals surface area contributed by atoms with E-state index in [-0.39, 0.29) is 27.7 Å². The van der Waals surface area contributed by atoms with Gasteiger partial charge < -0.3 is 13.9 Å². The van der Waals surface area contributed by atoms with E-state index in [4.69, 9.17) is 13.9 Å². The number of sulfone groups is 1. The van der Waals surface area contributed by atoms with Crippen LogP contribution in [-0.2, 0) is 15.6 Å². The Morgan fingerprint density at radius 1 is 0.903 bits per heavy atom. The van der Waals surface area contributed by atoms with Crippen LogP contribution in [-0.4, -0.2) is 34.5 Å². The first-order valence-corrected chi connectivity index (χ1v) is 10.7. The first-order valence-electron chi connectivity index (χ1n) is 9.03. The van der Waals surface area contributed by atoms with Crippen molar-refractivity contribution in [1.82, 2.24) is 10.9 Å². The summed E-state index contributed by atoms with van der Waals surface area (Å²) in [7, 11) is -0.736. The van der Waals surface area contributed by atoms with E-state index in [0.717, 1.165) is 0 Å². The van der Waals surface area contributed by atoms with Crippen LogP contribution in [0.25, 0.3) is 0 Å². The molecule has 0 saturated carbocycles. The molecular formula is C21H20N2O7S. The Kier molecular flexibility index (Phi) is 6.61. The number of hydrogen-bond acceptors (Lipinski definition) is 7. The topological polar surface area (TPSA) is 124 Å². The highest BCUT2D eigenvalue weighted by Crippen LogP contribution is 2.24. The second-order valence-corrected chi connectivity index (χ2v) is 8.30. The van der Waals surface area contributed by atoms with Gasteiger partial charge in [0.2, 0.25) is 0 Å². The third-order valence-corrected chi connectivity index (χ3v) is 5.92. The molecule has 0 radical (unpaired) electrons. The lowest BCUT2D eigenvalue weighted by molar-refractivity contribution is 0.0828. The molecule has 0 spiro atoms. The van der Waals surface area contributed by atoms with Gasteiger partial charge >= 0.3 is 5.91 Å². The number of methoxy groups -OCH3 is 2. The van der Waals surface area contributed by atoms with Gasteiger partial charge in [0.25, 0.3) is 5.91 Å². The van der Waals surface area contributed by atoms with Crippen LogP contribution in [0.5, 0.6) is 11.5 Å². The largest absolute Gasteiger partial charge is 0.497 e. The van der Waals surface area contributed by atoms with Gasteiger partial charge in [0.1, 0.15) is 23.0 Å². The number of carbonyl (C=O) groups is 2. The minimum Gasteiger partial charge on any atom is -0.497 e. The van der Waals surface area contributed by atoms with Crippen LogP contribution in [0.15, 0.2) is 70.0 Å². The zero-order chi connectivity index (χ0) is 22.4. The Morgan fingerprint density at radius 2 is 1.61 bits per heavy atom. The van der Waals surface area contributed by atoms with Gasteiger partial charge in [-0.2, -0.15) is 0 Å². The van der Waals surface area contributed by atoms with Gasteiger partial charge in [0.15, 0.2) is 15.6 Å². The molecule has 10 heteroatoms. The summed E-state index contributed by atoms with van der Waals surface area (Å²) in [5, 5.41) is 0. The Morgan fingerprint density at radius 3 is 2.29 bits per heavy atom. The summed E-state index contributed by atoms with van der Waals surface area (Å²) in [5.41, 5.74) is 4.65. The number of benzene rings is 2. The van der Waals surface area contributed by atoms with Gasteiger partial charge in [-0.3, -0.25) is 20.4 Å². The molecule has 1 heterocycles. The summed E-state index contributed by atoms with van der Waals surface area (Å²) in [4.78, 5) is 24.8.